The molecule has 0 aliphatic carbocycles. The van der Waals surface area contributed by atoms with Crippen LogP contribution in [0.15, 0.2) is 0 Å². The molecule has 0 unspecified atom stereocenters. The topological polar surface area (TPSA) is 144 Å². The summed E-state index contributed by atoms with van der Waals surface area (Å²) in [6.45, 7) is 2.00. The van der Waals surface area contributed by atoms with Gasteiger partial charge >= 0.3 is 20.8 Å². The molecule has 0 saturated carbocycles. The largest absolute Gasteiger partial charge is 0.425 e. The third-order valence-electron chi connectivity index (χ3n) is 0.200. The first-order chi connectivity index (χ1) is 5.21. The smallest absolute Gasteiger partial charge is 0.307 e. The number of carbonyl (C=O) groups is 1. The van der Waals surface area contributed by atoms with Crippen LogP contribution in [-0.2, 0) is 34.3 Å². The second kappa shape index (κ2) is 5.13. The van der Waals surface area contributed by atoms with E-state index in [9.17, 15) is 16.8 Å². The van der Waals surface area contributed by atoms with Crippen molar-refractivity contribution in [2.75, 3.05) is 0 Å². The Kier molecular flexibility index (Phi) is 5.96. The van der Waals surface area contributed by atoms with E-state index in [0.717, 1.165) is 0 Å². The quantitative estimate of drug-likeness (QED) is 0.327. The Morgan fingerprint density at radius 3 is 1.08 bits per heavy atom. The molecule has 0 spiro atoms. The van der Waals surface area contributed by atoms with Gasteiger partial charge in [-0.05, 0) is 0 Å². The third-order valence-corrected chi connectivity index (χ3v) is 0.766. The predicted octanol–water partition coefficient (Wildman–Crippen LogP) is -1.64. The van der Waals surface area contributed by atoms with Crippen molar-refractivity contribution >= 4 is 27.6 Å². The van der Waals surface area contributed by atoms with E-state index in [0.29, 0.717) is 0 Å². The lowest BCUT2D eigenvalue weighted by Crippen LogP contribution is -2.10. The van der Waals surface area contributed by atoms with Crippen LogP contribution in [0.3, 0.4) is 0 Å². The monoisotopic (exact) mass is 224 g/mol. The summed E-state index contributed by atoms with van der Waals surface area (Å²) >= 11 is 0. The van der Waals surface area contributed by atoms with Crippen molar-refractivity contribution in [3.05, 3.63) is 0 Å². The van der Waals surface area contributed by atoms with Crippen LogP contribution in [0.4, 0.5) is 0 Å². The lowest BCUT2D eigenvalue weighted by molar-refractivity contribution is -0.105. The van der Waals surface area contributed by atoms with Gasteiger partial charge in [-0.2, -0.15) is 16.8 Å². The van der Waals surface area contributed by atoms with Gasteiger partial charge in [0.05, 0.1) is 0 Å². The molecule has 0 atom stereocenters. The number of hydrogen-bond donors (Lipinski definition) is 2. The Labute approximate surface area is 67.7 Å². The zero-order valence-electron chi connectivity index (χ0n) is 5.28. The summed E-state index contributed by atoms with van der Waals surface area (Å²) in [6.07, 6.45) is 0. The van der Waals surface area contributed by atoms with Crippen LogP contribution >= 0.6 is 0 Å². The van der Waals surface area contributed by atoms with E-state index >= 15 is 0 Å². The molecule has 0 heterocycles. The molecule has 2 N–H and O–H groups in total. The fourth-order valence-corrected chi connectivity index (χ4v) is 0.632. The van der Waals surface area contributed by atoms with Crippen LogP contribution in [0.2, 0.25) is 0 Å². The van der Waals surface area contributed by atoms with E-state index in [1.165, 1.54) is 0 Å². The highest BCUT2D eigenvalue weighted by atomic mass is 32.3. The Balaban J connectivity index is 0. The van der Waals surface area contributed by atoms with Gasteiger partial charge in [-0.25, -0.2) is 0 Å². The van der Waals surface area contributed by atoms with Crippen molar-refractivity contribution in [3.8, 4) is 0 Å². The average molecular weight is 224 g/mol. The molecule has 0 fully saturated rings. The molecule has 0 aromatic carbocycles. The summed E-state index contributed by atoms with van der Waals surface area (Å²) in [5.74, 6) is 0. The van der Waals surface area contributed by atoms with Crippen molar-refractivity contribution in [1.82, 2.24) is 0 Å². The molecule has 11 heteroatoms. The summed E-state index contributed by atoms with van der Waals surface area (Å²) in [5.41, 5.74) is 0. The Morgan fingerprint density at radius 1 is 0.833 bits per heavy atom. The molecule has 9 nitrogen and oxygen atoms in total. The molecule has 12 heavy (non-hydrogen) atoms. The normalized spacial score (nSPS) is 11.5. The SMILES string of the molecule is C=O.O=S(=O)(O)OOS(=O)(=O)O. The molecule has 0 aliphatic heterocycles. The summed E-state index contributed by atoms with van der Waals surface area (Å²) < 4.78 is 58.9. The minimum absolute atomic E-state index is 2.00. The van der Waals surface area contributed by atoms with Gasteiger partial charge in [-0.3, -0.25) is 9.11 Å². The standard InChI is InChI=1S/CH2O.H2O8S2/c1-2;1-9(2,3)7-8-10(4,5)6/h1H2;(H,1,2,3)(H,4,5,6). The predicted molar refractivity (Wildman–Crippen MR) is 32.4 cm³/mol. The van der Waals surface area contributed by atoms with Crippen LogP contribution in [0.1, 0.15) is 0 Å². The van der Waals surface area contributed by atoms with E-state index in [1.807, 2.05) is 6.79 Å². The van der Waals surface area contributed by atoms with E-state index in [2.05, 4.69) is 8.67 Å². The third kappa shape index (κ3) is 16.2. The maximum Gasteiger partial charge on any atom is 0.425 e. The van der Waals surface area contributed by atoms with Crippen molar-refractivity contribution in [2.24, 2.45) is 0 Å². The first-order valence-corrected chi connectivity index (χ1v) is 4.55. The van der Waals surface area contributed by atoms with E-state index < -0.39 is 20.8 Å². The van der Waals surface area contributed by atoms with Crippen LogP contribution in [0, 0.1) is 0 Å². The highest BCUT2D eigenvalue weighted by Crippen LogP contribution is 1.92. The Morgan fingerprint density at radius 2 is 1.00 bits per heavy atom. The Bertz CT molecular complexity index is 261. The molecule has 0 aromatic heterocycles. The van der Waals surface area contributed by atoms with Gasteiger partial charge in [-0.15, -0.1) is 0 Å². The summed E-state index contributed by atoms with van der Waals surface area (Å²) in [5, 5.41) is 0. The lowest BCUT2D eigenvalue weighted by atomic mass is 11.9. The second-order valence-corrected chi connectivity index (χ2v) is 2.97. The van der Waals surface area contributed by atoms with E-state index in [4.69, 9.17) is 13.9 Å². The zero-order valence-corrected chi connectivity index (χ0v) is 6.91. The molecule has 0 saturated heterocycles. The van der Waals surface area contributed by atoms with Crippen molar-refractivity contribution in [3.63, 3.8) is 0 Å². The molecular formula is CH4O9S2. The molecule has 74 valence electrons. The highest BCUT2D eigenvalue weighted by molar-refractivity contribution is 7.83. The fourth-order valence-electron chi connectivity index (χ4n) is 0.0702. The van der Waals surface area contributed by atoms with Crippen LogP contribution in [0.5, 0.6) is 0 Å². The Hall–Kier alpha value is -0.590. The lowest BCUT2D eigenvalue weighted by Gasteiger charge is -1.92. The molecule has 0 amide bonds. The van der Waals surface area contributed by atoms with Gasteiger partial charge in [0.15, 0.2) is 0 Å². The highest BCUT2D eigenvalue weighted by Gasteiger charge is 2.13. The minimum Gasteiger partial charge on any atom is -0.307 e. The second-order valence-electron chi connectivity index (χ2n) is 0.992. The molecule has 0 bridgehead atoms. The maximum absolute atomic E-state index is 9.51. The zero-order chi connectivity index (χ0) is 10.4. The maximum atomic E-state index is 9.51. The van der Waals surface area contributed by atoms with Gasteiger partial charge in [0, 0.05) is 0 Å². The van der Waals surface area contributed by atoms with Gasteiger partial charge < -0.3 is 4.79 Å². The summed E-state index contributed by atoms with van der Waals surface area (Å²) in [4.78, 5) is 8.00. The molecule has 0 rings (SSSR count). The molecule has 0 aromatic rings. The average Bonchev–Trinajstić information content (AvgIpc) is 1.86. The number of carbonyl (C=O) groups excluding carboxylic acids is 1. The first-order valence-electron chi connectivity index (χ1n) is 1.82. The van der Waals surface area contributed by atoms with Crippen LogP contribution in [-0.4, -0.2) is 32.7 Å². The number of rotatable bonds is 3. The summed E-state index contributed by atoms with van der Waals surface area (Å²) in [7, 11) is -10.0. The minimum atomic E-state index is -5.02. The van der Waals surface area contributed by atoms with E-state index in [1.54, 1.807) is 0 Å². The first kappa shape index (κ1) is 14.0. The van der Waals surface area contributed by atoms with Gasteiger partial charge in [0.1, 0.15) is 6.79 Å². The van der Waals surface area contributed by atoms with Gasteiger partial charge in [0.2, 0.25) is 0 Å². The van der Waals surface area contributed by atoms with Crippen LogP contribution < -0.4 is 0 Å². The molecular weight excluding hydrogens is 220 g/mol. The van der Waals surface area contributed by atoms with Crippen molar-refractivity contribution < 1.29 is 39.4 Å². The van der Waals surface area contributed by atoms with Gasteiger partial charge in [0.25, 0.3) is 0 Å². The fraction of sp³-hybridized carbons (Fsp3) is 0. The van der Waals surface area contributed by atoms with Crippen molar-refractivity contribution in [1.29, 1.82) is 0 Å². The van der Waals surface area contributed by atoms with E-state index in [-0.39, 0.29) is 0 Å². The summed E-state index contributed by atoms with van der Waals surface area (Å²) in [6, 6.07) is 0. The molecule has 0 radical (unpaired) electrons. The van der Waals surface area contributed by atoms with Crippen molar-refractivity contribution in [2.45, 2.75) is 0 Å². The van der Waals surface area contributed by atoms with Gasteiger partial charge in [-0.1, -0.05) is 8.67 Å². The van der Waals surface area contributed by atoms with Crippen LogP contribution in [0.25, 0.3) is 0 Å². The molecule has 0 aliphatic rings. The number of hydrogen-bond acceptors (Lipinski definition) is 7.